The molecule has 0 aromatic heterocycles. The van der Waals surface area contributed by atoms with Crippen molar-refractivity contribution < 1.29 is 9.60 Å². The van der Waals surface area contributed by atoms with Crippen LogP contribution in [0.1, 0.15) is 11.1 Å². The van der Waals surface area contributed by atoms with E-state index >= 15 is 0 Å². The van der Waals surface area contributed by atoms with E-state index < -0.39 is 5.82 Å². The molecule has 0 radical (unpaired) electrons. The Hall–Kier alpha value is -1.98. The number of halogens is 3. The minimum absolute atomic E-state index is 0.159. The lowest BCUT2D eigenvalue weighted by Gasteiger charge is -2.12. The maximum absolute atomic E-state index is 13.3. The number of hydrogen-bond acceptors (Lipinski definition) is 3. The maximum atomic E-state index is 13.3. The van der Waals surface area contributed by atoms with Crippen molar-refractivity contribution in [2.75, 3.05) is 5.32 Å². The fraction of sp³-hybridized carbons (Fsp3) is 0.0714. The van der Waals surface area contributed by atoms with Crippen LogP contribution >= 0.6 is 23.2 Å². The fourth-order valence-corrected chi connectivity index (χ4v) is 2.29. The van der Waals surface area contributed by atoms with Crippen molar-refractivity contribution in [3.05, 3.63) is 63.4 Å². The third-order valence-corrected chi connectivity index (χ3v) is 3.40. The summed E-state index contributed by atoms with van der Waals surface area (Å²) in [4.78, 5) is 0. The summed E-state index contributed by atoms with van der Waals surface area (Å²) in [5, 5.41) is 15.7. The van der Waals surface area contributed by atoms with Crippen LogP contribution in [0.2, 0.25) is 10.0 Å². The van der Waals surface area contributed by atoms with Gasteiger partial charge in [-0.3, -0.25) is 0 Å². The van der Waals surface area contributed by atoms with E-state index in [2.05, 4.69) is 10.5 Å². The van der Waals surface area contributed by atoms with Crippen molar-refractivity contribution in [2.45, 2.75) is 6.54 Å². The standard InChI is InChI=1S/C14H12Cl2FN3O/c15-9-2-4-13(12(16)5-9)19-7-8-1-3-10(17)6-11(8)14(18)20-21/h1-6,19,21H,7H2,(H2,18,20). The number of rotatable bonds is 4. The Bertz CT molecular complexity index is 692. The van der Waals surface area contributed by atoms with Crippen LogP contribution in [0.5, 0.6) is 0 Å². The van der Waals surface area contributed by atoms with E-state index in [1.54, 1.807) is 24.3 Å². The predicted molar refractivity (Wildman–Crippen MR) is 82.7 cm³/mol. The van der Waals surface area contributed by atoms with Gasteiger partial charge < -0.3 is 16.3 Å². The molecule has 0 saturated heterocycles. The number of oxime groups is 1. The first kappa shape index (κ1) is 15.4. The SMILES string of the molecule is NC(=NO)c1cc(F)ccc1CNc1ccc(Cl)cc1Cl. The lowest BCUT2D eigenvalue weighted by molar-refractivity contribution is 0.318. The van der Waals surface area contributed by atoms with Crippen molar-refractivity contribution in [3.63, 3.8) is 0 Å². The van der Waals surface area contributed by atoms with Gasteiger partial charge in [-0.2, -0.15) is 0 Å². The summed E-state index contributed by atoms with van der Waals surface area (Å²) in [6.45, 7) is 0.327. The van der Waals surface area contributed by atoms with E-state index in [1.165, 1.54) is 12.1 Å². The van der Waals surface area contributed by atoms with E-state index in [0.717, 1.165) is 0 Å². The lowest BCUT2D eigenvalue weighted by atomic mass is 10.1. The first-order chi connectivity index (χ1) is 10.0. The van der Waals surface area contributed by atoms with E-state index in [0.29, 0.717) is 33.4 Å². The number of anilines is 1. The van der Waals surface area contributed by atoms with Gasteiger partial charge in [0, 0.05) is 17.1 Å². The molecule has 4 nitrogen and oxygen atoms in total. The molecule has 0 atom stereocenters. The molecule has 2 aromatic rings. The third-order valence-electron chi connectivity index (χ3n) is 2.86. The van der Waals surface area contributed by atoms with Crippen LogP contribution in [-0.2, 0) is 6.54 Å². The van der Waals surface area contributed by atoms with Crippen LogP contribution in [0, 0.1) is 5.82 Å². The van der Waals surface area contributed by atoms with Crippen LogP contribution in [0.3, 0.4) is 0 Å². The lowest BCUT2D eigenvalue weighted by Crippen LogP contribution is -2.17. The number of benzene rings is 2. The Labute approximate surface area is 131 Å². The van der Waals surface area contributed by atoms with Crippen molar-refractivity contribution in [2.24, 2.45) is 10.9 Å². The molecule has 21 heavy (non-hydrogen) atoms. The zero-order valence-corrected chi connectivity index (χ0v) is 12.3. The second-order valence-electron chi connectivity index (χ2n) is 4.26. The molecule has 0 spiro atoms. The zero-order chi connectivity index (χ0) is 15.4. The van der Waals surface area contributed by atoms with Gasteiger partial charge in [0.25, 0.3) is 0 Å². The van der Waals surface area contributed by atoms with E-state index in [1.807, 2.05) is 0 Å². The van der Waals surface area contributed by atoms with Gasteiger partial charge in [-0.05, 0) is 35.9 Å². The molecule has 2 aromatic carbocycles. The minimum Gasteiger partial charge on any atom is -0.409 e. The second-order valence-corrected chi connectivity index (χ2v) is 5.11. The zero-order valence-electron chi connectivity index (χ0n) is 10.8. The molecule has 0 fully saturated rings. The van der Waals surface area contributed by atoms with E-state index in [4.69, 9.17) is 34.1 Å². The molecular formula is C14H12Cl2FN3O. The van der Waals surface area contributed by atoms with Crippen LogP contribution in [-0.4, -0.2) is 11.0 Å². The summed E-state index contributed by atoms with van der Waals surface area (Å²) in [5.74, 6) is -0.627. The summed E-state index contributed by atoms with van der Waals surface area (Å²) >= 11 is 11.9. The molecule has 7 heteroatoms. The molecule has 0 unspecified atom stereocenters. The van der Waals surface area contributed by atoms with Gasteiger partial charge in [-0.25, -0.2) is 4.39 Å². The summed E-state index contributed by atoms with van der Waals surface area (Å²) in [6.07, 6.45) is 0. The van der Waals surface area contributed by atoms with Gasteiger partial charge >= 0.3 is 0 Å². The summed E-state index contributed by atoms with van der Waals surface area (Å²) in [5.41, 5.74) is 7.20. The Morgan fingerprint density at radius 3 is 2.67 bits per heavy atom. The van der Waals surface area contributed by atoms with Gasteiger partial charge in [0.05, 0.1) is 10.7 Å². The molecule has 4 N–H and O–H groups in total. The molecule has 0 saturated carbocycles. The number of nitrogens with zero attached hydrogens (tertiary/aromatic N) is 1. The molecule has 2 rings (SSSR count). The van der Waals surface area contributed by atoms with Gasteiger partial charge in [0.2, 0.25) is 0 Å². The van der Waals surface area contributed by atoms with Crippen LogP contribution in [0.25, 0.3) is 0 Å². The minimum atomic E-state index is -0.468. The number of nitrogens with two attached hydrogens (primary N) is 1. The summed E-state index contributed by atoms with van der Waals surface area (Å²) < 4.78 is 13.3. The average Bonchev–Trinajstić information content (AvgIpc) is 2.46. The van der Waals surface area contributed by atoms with Crippen molar-refractivity contribution in [3.8, 4) is 0 Å². The average molecular weight is 328 g/mol. The number of hydrogen-bond donors (Lipinski definition) is 3. The maximum Gasteiger partial charge on any atom is 0.170 e. The van der Waals surface area contributed by atoms with Gasteiger partial charge in [0.1, 0.15) is 5.82 Å². The molecule has 0 aliphatic rings. The topological polar surface area (TPSA) is 70.6 Å². The quantitative estimate of drug-likeness (QED) is 0.346. The Morgan fingerprint density at radius 2 is 2.00 bits per heavy atom. The Morgan fingerprint density at radius 1 is 1.24 bits per heavy atom. The molecule has 110 valence electrons. The number of amidine groups is 1. The van der Waals surface area contributed by atoms with Crippen molar-refractivity contribution >= 4 is 34.7 Å². The molecule has 0 amide bonds. The summed E-state index contributed by atoms with van der Waals surface area (Å²) in [7, 11) is 0. The highest BCUT2D eigenvalue weighted by Crippen LogP contribution is 2.26. The highest BCUT2D eigenvalue weighted by atomic mass is 35.5. The van der Waals surface area contributed by atoms with Gasteiger partial charge in [-0.15, -0.1) is 0 Å². The third kappa shape index (κ3) is 3.77. The highest BCUT2D eigenvalue weighted by Gasteiger charge is 2.09. The second kappa shape index (κ2) is 6.65. The first-order valence-electron chi connectivity index (χ1n) is 5.96. The smallest absolute Gasteiger partial charge is 0.170 e. The van der Waals surface area contributed by atoms with Crippen molar-refractivity contribution in [1.29, 1.82) is 0 Å². The first-order valence-corrected chi connectivity index (χ1v) is 6.72. The molecule has 0 heterocycles. The van der Waals surface area contributed by atoms with Crippen LogP contribution in [0.4, 0.5) is 10.1 Å². The normalized spacial score (nSPS) is 11.5. The predicted octanol–water partition coefficient (Wildman–Crippen LogP) is 3.84. The molecule has 0 aliphatic carbocycles. The van der Waals surface area contributed by atoms with Crippen LogP contribution < -0.4 is 11.1 Å². The van der Waals surface area contributed by atoms with Gasteiger partial charge in [0.15, 0.2) is 5.84 Å². The van der Waals surface area contributed by atoms with E-state index in [-0.39, 0.29) is 5.84 Å². The Kier molecular flexibility index (Phi) is 4.88. The van der Waals surface area contributed by atoms with Gasteiger partial charge in [-0.1, -0.05) is 34.4 Å². The van der Waals surface area contributed by atoms with Crippen LogP contribution in [0.15, 0.2) is 41.6 Å². The van der Waals surface area contributed by atoms with E-state index in [9.17, 15) is 4.39 Å². The fourth-order valence-electron chi connectivity index (χ4n) is 1.82. The van der Waals surface area contributed by atoms with Crippen molar-refractivity contribution in [1.82, 2.24) is 0 Å². The monoisotopic (exact) mass is 327 g/mol. The molecule has 0 bridgehead atoms. The molecular weight excluding hydrogens is 316 g/mol. The summed E-state index contributed by atoms with van der Waals surface area (Å²) in [6, 6.07) is 9.10. The Balaban J connectivity index is 2.24. The largest absolute Gasteiger partial charge is 0.409 e. The number of nitrogens with one attached hydrogen (secondary N) is 1. The highest BCUT2D eigenvalue weighted by molar-refractivity contribution is 6.36. The molecule has 0 aliphatic heterocycles.